The van der Waals surface area contributed by atoms with Gasteiger partial charge in [0.2, 0.25) is 0 Å². The summed E-state index contributed by atoms with van der Waals surface area (Å²) >= 11 is 1.34. The number of amides is 1. The fraction of sp³-hybridized carbons (Fsp3) is 0.375. The SMILES string of the molecule is CC(N)c1nc(C(=O)NCC#N)cs1. The Morgan fingerprint density at radius 1 is 1.93 bits per heavy atom. The van der Waals surface area contributed by atoms with Gasteiger partial charge in [0, 0.05) is 5.38 Å². The monoisotopic (exact) mass is 210 g/mol. The first-order valence-electron chi connectivity index (χ1n) is 4.01. The molecule has 1 unspecified atom stereocenters. The van der Waals surface area contributed by atoms with Gasteiger partial charge in [0.25, 0.3) is 5.91 Å². The minimum Gasteiger partial charge on any atom is -0.338 e. The van der Waals surface area contributed by atoms with Gasteiger partial charge in [0.1, 0.15) is 17.2 Å². The van der Waals surface area contributed by atoms with Crippen LogP contribution in [0.25, 0.3) is 0 Å². The summed E-state index contributed by atoms with van der Waals surface area (Å²) in [5.41, 5.74) is 5.91. The van der Waals surface area contributed by atoms with Gasteiger partial charge in [-0.2, -0.15) is 5.26 Å². The van der Waals surface area contributed by atoms with E-state index in [1.165, 1.54) is 11.3 Å². The van der Waals surface area contributed by atoms with Crippen LogP contribution >= 0.6 is 11.3 Å². The third-order valence-corrected chi connectivity index (χ3v) is 2.52. The van der Waals surface area contributed by atoms with Crippen LogP contribution in [0.5, 0.6) is 0 Å². The van der Waals surface area contributed by atoms with Crippen molar-refractivity contribution in [1.82, 2.24) is 10.3 Å². The minimum atomic E-state index is -0.338. The molecule has 3 N–H and O–H groups in total. The van der Waals surface area contributed by atoms with Crippen molar-refractivity contribution in [3.63, 3.8) is 0 Å². The Morgan fingerprint density at radius 3 is 3.14 bits per heavy atom. The Balaban J connectivity index is 2.68. The molecule has 0 radical (unpaired) electrons. The van der Waals surface area contributed by atoms with Crippen molar-refractivity contribution in [2.75, 3.05) is 6.54 Å². The highest BCUT2D eigenvalue weighted by Crippen LogP contribution is 2.15. The Hall–Kier alpha value is -1.45. The number of rotatable bonds is 3. The van der Waals surface area contributed by atoms with Gasteiger partial charge >= 0.3 is 0 Å². The molecular weight excluding hydrogens is 200 g/mol. The predicted molar refractivity (Wildman–Crippen MR) is 52.7 cm³/mol. The number of thiazole rings is 1. The summed E-state index contributed by atoms with van der Waals surface area (Å²) in [6.07, 6.45) is 0. The lowest BCUT2D eigenvalue weighted by Crippen LogP contribution is -2.23. The molecule has 0 bridgehead atoms. The molecule has 1 amide bonds. The van der Waals surface area contributed by atoms with Gasteiger partial charge < -0.3 is 11.1 Å². The zero-order valence-electron chi connectivity index (χ0n) is 7.65. The van der Waals surface area contributed by atoms with Crippen molar-refractivity contribution in [3.8, 4) is 6.07 Å². The molecular formula is C8H10N4OS. The molecule has 6 heteroatoms. The fourth-order valence-corrected chi connectivity index (χ4v) is 1.57. The average Bonchev–Trinajstić information content (AvgIpc) is 2.62. The van der Waals surface area contributed by atoms with Crippen LogP contribution in [-0.2, 0) is 0 Å². The van der Waals surface area contributed by atoms with Crippen molar-refractivity contribution >= 4 is 17.2 Å². The van der Waals surface area contributed by atoms with Crippen molar-refractivity contribution in [2.24, 2.45) is 5.73 Å². The summed E-state index contributed by atoms with van der Waals surface area (Å²) < 4.78 is 0. The number of nitrogens with one attached hydrogen (secondary N) is 1. The molecule has 14 heavy (non-hydrogen) atoms. The zero-order valence-corrected chi connectivity index (χ0v) is 8.47. The highest BCUT2D eigenvalue weighted by atomic mass is 32.1. The minimum absolute atomic E-state index is 0.0100. The lowest BCUT2D eigenvalue weighted by molar-refractivity contribution is 0.0954. The van der Waals surface area contributed by atoms with E-state index < -0.39 is 0 Å². The van der Waals surface area contributed by atoms with E-state index in [2.05, 4.69) is 10.3 Å². The summed E-state index contributed by atoms with van der Waals surface area (Å²) in [5.74, 6) is -0.338. The zero-order chi connectivity index (χ0) is 10.6. The Labute approximate surface area is 85.6 Å². The molecule has 1 rings (SSSR count). The number of nitriles is 1. The first kappa shape index (κ1) is 10.6. The Kier molecular flexibility index (Phi) is 3.56. The molecule has 0 saturated carbocycles. The van der Waals surface area contributed by atoms with Crippen LogP contribution in [0.1, 0.15) is 28.5 Å². The Bertz CT molecular complexity index is 366. The van der Waals surface area contributed by atoms with E-state index >= 15 is 0 Å². The van der Waals surface area contributed by atoms with Crippen molar-refractivity contribution in [2.45, 2.75) is 13.0 Å². The molecule has 0 aliphatic carbocycles. The topological polar surface area (TPSA) is 91.8 Å². The number of nitrogens with two attached hydrogens (primary N) is 1. The number of nitrogens with zero attached hydrogens (tertiary/aromatic N) is 2. The summed E-state index contributed by atoms with van der Waals surface area (Å²) in [6.45, 7) is 1.79. The molecule has 1 heterocycles. The van der Waals surface area contributed by atoms with E-state index in [0.29, 0.717) is 10.7 Å². The molecule has 0 fully saturated rings. The smallest absolute Gasteiger partial charge is 0.271 e. The molecule has 1 aromatic heterocycles. The molecule has 1 atom stereocenters. The maximum atomic E-state index is 11.3. The van der Waals surface area contributed by atoms with E-state index in [1.807, 2.05) is 6.07 Å². The molecule has 0 saturated heterocycles. The standard InChI is InChI=1S/C8H10N4OS/c1-5(10)8-12-6(4-14-8)7(13)11-3-2-9/h4-5H,3,10H2,1H3,(H,11,13). The summed E-state index contributed by atoms with van der Waals surface area (Å²) in [5, 5.41) is 13.0. The number of carbonyl (C=O) groups is 1. The number of hydrogen-bond donors (Lipinski definition) is 2. The quantitative estimate of drug-likeness (QED) is 0.707. The second-order valence-electron chi connectivity index (χ2n) is 2.70. The molecule has 0 aliphatic heterocycles. The van der Waals surface area contributed by atoms with Gasteiger partial charge in [0.15, 0.2) is 0 Å². The maximum absolute atomic E-state index is 11.3. The predicted octanol–water partition coefficient (Wildman–Crippen LogP) is 0.416. The first-order chi connectivity index (χ1) is 6.65. The normalized spacial score (nSPS) is 11.8. The van der Waals surface area contributed by atoms with Gasteiger partial charge in [-0.05, 0) is 6.92 Å². The van der Waals surface area contributed by atoms with Crippen LogP contribution in [0.15, 0.2) is 5.38 Å². The second-order valence-corrected chi connectivity index (χ2v) is 3.59. The molecule has 5 nitrogen and oxygen atoms in total. The number of hydrogen-bond acceptors (Lipinski definition) is 5. The summed E-state index contributed by atoms with van der Waals surface area (Å²) in [7, 11) is 0. The average molecular weight is 210 g/mol. The van der Waals surface area contributed by atoms with Crippen LogP contribution in [0.2, 0.25) is 0 Å². The van der Waals surface area contributed by atoms with Gasteiger partial charge in [-0.15, -0.1) is 11.3 Å². The van der Waals surface area contributed by atoms with Crippen LogP contribution in [0.4, 0.5) is 0 Å². The van der Waals surface area contributed by atoms with Crippen LogP contribution in [0.3, 0.4) is 0 Å². The van der Waals surface area contributed by atoms with E-state index in [1.54, 1.807) is 12.3 Å². The lowest BCUT2D eigenvalue weighted by atomic mass is 10.4. The van der Waals surface area contributed by atoms with Crippen molar-refractivity contribution < 1.29 is 4.79 Å². The molecule has 0 spiro atoms. The maximum Gasteiger partial charge on any atom is 0.271 e. The highest BCUT2D eigenvalue weighted by Gasteiger charge is 2.11. The molecule has 1 aromatic rings. The third-order valence-electron chi connectivity index (χ3n) is 1.47. The van der Waals surface area contributed by atoms with E-state index in [-0.39, 0.29) is 18.5 Å². The van der Waals surface area contributed by atoms with Crippen LogP contribution < -0.4 is 11.1 Å². The van der Waals surface area contributed by atoms with Gasteiger partial charge in [-0.3, -0.25) is 4.79 Å². The van der Waals surface area contributed by atoms with Crippen LogP contribution in [0, 0.1) is 11.3 Å². The van der Waals surface area contributed by atoms with E-state index in [0.717, 1.165) is 0 Å². The molecule has 0 aliphatic rings. The Morgan fingerprint density at radius 2 is 2.64 bits per heavy atom. The largest absolute Gasteiger partial charge is 0.338 e. The lowest BCUT2D eigenvalue weighted by Gasteiger charge is -1.97. The van der Waals surface area contributed by atoms with Crippen molar-refractivity contribution in [3.05, 3.63) is 16.1 Å². The summed E-state index contributed by atoms with van der Waals surface area (Å²) in [4.78, 5) is 15.3. The third kappa shape index (κ3) is 2.52. The summed E-state index contributed by atoms with van der Waals surface area (Å²) in [6, 6.07) is 1.65. The molecule has 0 aromatic carbocycles. The van der Waals surface area contributed by atoms with E-state index in [4.69, 9.17) is 11.0 Å². The fourth-order valence-electron chi connectivity index (χ4n) is 0.811. The first-order valence-corrected chi connectivity index (χ1v) is 4.89. The van der Waals surface area contributed by atoms with Gasteiger partial charge in [-0.25, -0.2) is 4.98 Å². The van der Waals surface area contributed by atoms with E-state index in [9.17, 15) is 4.79 Å². The molecule has 74 valence electrons. The van der Waals surface area contributed by atoms with Crippen LogP contribution in [-0.4, -0.2) is 17.4 Å². The number of carbonyl (C=O) groups excluding carboxylic acids is 1. The van der Waals surface area contributed by atoms with Gasteiger partial charge in [0.05, 0.1) is 12.1 Å². The second kappa shape index (κ2) is 4.69. The van der Waals surface area contributed by atoms with Gasteiger partial charge in [-0.1, -0.05) is 0 Å². The van der Waals surface area contributed by atoms with Crippen molar-refractivity contribution in [1.29, 1.82) is 5.26 Å². The highest BCUT2D eigenvalue weighted by molar-refractivity contribution is 7.09. The number of aromatic nitrogens is 1.